The van der Waals surface area contributed by atoms with E-state index >= 15 is 0 Å². The molecular weight excluding hydrogens is 346 g/mol. The molecule has 0 unspecified atom stereocenters. The molecule has 0 spiro atoms. The van der Waals surface area contributed by atoms with Gasteiger partial charge in [-0.3, -0.25) is 9.69 Å². The van der Waals surface area contributed by atoms with Crippen molar-refractivity contribution in [2.45, 2.75) is 6.92 Å². The van der Waals surface area contributed by atoms with Crippen LogP contribution in [-0.4, -0.2) is 61.6 Å². The van der Waals surface area contributed by atoms with E-state index in [0.717, 1.165) is 10.5 Å². The largest absolute Gasteiger partial charge is 0.454 e. The highest BCUT2D eigenvalue weighted by Crippen LogP contribution is 2.32. The van der Waals surface area contributed by atoms with E-state index in [2.05, 4.69) is 10.5 Å². The molecule has 1 aromatic rings. The van der Waals surface area contributed by atoms with Crippen molar-refractivity contribution in [3.63, 3.8) is 0 Å². The lowest BCUT2D eigenvalue weighted by Crippen LogP contribution is -2.37. The number of urea groups is 1. The number of imide groups is 1. The predicted octanol–water partition coefficient (Wildman–Crippen LogP) is 0.251. The number of nitrogens with zero attached hydrogens (tertiary/aromatic N) is 2. The summed E-state index contributed by atoms with van der Waals surface area (Å²) in [6.07, 6.45) is 0. The van der Waals surface area contributed by atoms with Crippen LogP contribution in [0, 0.1) is 0 Å². The third kappa shape index (κ3) is 4.02. The first-order valence-electron chi connectivity index (χ1n) is 7.85. The number of oxime groups is 1. The zero-order valence-electron chi connectivity index (χ0n) is 14.0. The van der Waals surface area contributed by atoms with Crippen molar-refractivity contribution in [3.8, 4) is 11.5 Å². The molecule has 3 rings (SSSR count). The van der Waals surface area contributed by atoms with Crippen molar-refractivity contribution >= 4 is 23.6 Å². The maximum atomic E-state index is 11.7. The van der Waals surface area contributed by atoms with Crippen LogP contribution >= 0.6 is 0 Å². The van der Waals surface area contributed by atoms with Gasteiger partial charge in [-0.25, -0.2) is 9.59 Å². The minimum absolute atomic E-state index is 0.176. The maximum Gasteiger partial charge on any atom is 0.347 e. The lowest BCUT2D eigenvalue weighted by atomic mass is 10.1. The predicted molar refractivity (Wildman–Crippen MR) is 86.8 cm³/mol. The number of benzene rings is 1. The van der Waals surface area contributed by atoms with Gasteiger partial charge in [0.1, 0.15) is 0 Å². The van der Waals surface area contributed by atoms with E-state index in [-0.39, 0.29) is 13.3 Å². The monoisotopic (exact) mass is 363 g/mol. The Balaban J connectivity index is 1.43. The van der Waals surface area contributed by atoms with E-state index in [1.54, 1.807) is 25.1 Å². The molecule has 10 nitrogen and oxygen atoms in total. The molecule has 138 valence electrons. The maximum absolute atomic E-state index is 11.7. The molecule has 2 heterocycles. The van der Waals surface area contributed by atoms with Gasteiger partial charge in [0.2, 0.25) is 13.4 Å². The average Bonchev–Trinajstić information content (AvgIpc) is 3.27. The fourth-order valence-corrected chi connectivity index (χ4v) is 2.33. The van der Waals surface area contributed by atoms with E-state index in [9.17, 15) is 14.4 Å². The molecule has 2 aliphatic heterocycles. The third-order valence-corrected chi connectivity index (χ3v) is 3.69. The van der Waals surface area contributed by atoms with Crippen molar-refractivity contribution in [2.75, 3.05) is 33.1 Å². The first kappa shape index (κ1) is 17.5. The Morgan fingerprint density at radius 2 is 2.08 bits per heavy atom. The van der Waals surface area contributed by atoms with E-state index in [1.165, 1.54) is 0 Å². The van der Waals surface area contributed by atoms with Crippen LogP contribution in [0.3, 0.4) is 0 Å². The molecule has 26 heavy (non-hydrogen) atoms. The van der Waals surface area contributed by atoms with E-state index in [4.69, 9.17) is 19.0 Å². The van der Waals surface area contributed by atoms with Gasteiger partial charge >= 0.3 is 12.0 Å². The summed E-state index contributed by atoms with van der Waals surface area (Å²) < 4.78 is 15.3. The second-order valence-corrected chi connectivity index (χ2v) is 5.46. The second-order valence-electron chi connectivity index (χ2n) is 5.46. The van der Waals surface area contributed by atoms with Gasteiger partial charge in [-0.05, 0) is 25.1 Å². The van der Waals surface area contributed by atoms with Gasteiger partial charge in [0.15, 0.2) is 18.1 Å². The van der Waals surface area contributed by atoms with Crippen molar-refractivity contribution < 1.29 is 33.4 Å². The number of esters is 1. The Hall–Kier alpha value is -3.30. The Bertz CT molecular complexity index is 762. The van der Waals surface area contributed by atoms with Crippen LogP contribution < -0.4 is 14.8 Å². The first-order valence-corrected chi connectivity index (χ1v) is 7.85. The zero-order chi connectivity index (χ0) is 18.5. The number of hydrogen-bond donors (Lipinski definition) is 1. The Morgan fingerprint density at radius 1 is 1.27 bits per heavy atom. The van der Waals surface area contributed by atoms with Crippen molar-refractivity contribution in [3.05, 3.63) is 23.8 Å². The number of nitrogens with one attached hydrogen (secondary N) is 1. The minimum atomic E-state index is -0.764. The summed E-state index contributed by atoms with van der Waals surface area (Å²) in [5.41, 5.74) is 1.28. The molecule has 0 aromatic heterocycles. The molecule has 1 fully saturated rings. The van der Waals surface area contributed by atoms with E-state index < -0.39 is 31.1 Å². The standard InChI is InChI=1S/C16H17N3O7/c1-10(11-2-3-12-13(6-11)25-9-24-12)18-26-8-15(21)23-7-14(20)19-5-4-17-16(19)22/h2-3,6H,4-5,7-9H2,1H3,(H,17,22)/b18-10+. The fourth-order valence-electron chi connectivity index (χ4n) is 2.33. The number of carbonyl (C=O) groups excluding carboxylic acids is 3. The summed E-state index contributed by atoms with van der Waals surface area (Å²) in [5, 5.41) is 6.32. The number of amides is 3. The smallest absolute Gasteiger partial charge is 0.347 e. The number of hydrogen-bond acceptors (Lipinski definition) is 8. The van der Waals surface area contributed by atoms with Gasteiger partial charge < -0.3 is 24.4 Å². The van der Waals surface area contributed by atoms with E-state index in [0.29, 0.717) is 23.8 Å². The number of rotatable bonds is 6. The summed E-state index contributed by atoms with van der Waals surface area (Å²) in [4.78, 5) is 40.5. The van der Waals surface area contributed by atoms with Gasteiger partial charge in [-0.2, -0.15) is 0 Å². The normalized spacial score (nSPS) is 15.7. The molecule has 0 saturated carbocycles. The van der Waals surface area contributed by atoms with Gasteiger partial charge in [0, 0.05) is 18.7 Å². The van der Waals surface area contributed by atoms with Crippen LogP contribution in [0.15, 0.2) is 23.4 Å². The second kappa shape index (κ2) is 7.72. The Morgan fingerprint density at radius 3 is 2.85 bits per heavy atom. The first-order chi connectivity index (χ1) is 12.5. The third-order valence-electron chi connectivity index (χ3n) is 3.69. The number of fused-ring (bicyclic) bond motifs is 1. The van der Waals surface area contributed by atoms with Crippen LogP contribution in [0.4, 0.5) is 4.79 Å². The molecule has 0 bridgehead atoms. The summed E-state index contributed by atoms with van der Waals surface area (Å²) in [6.45, 7) is 1.54. The highest BCUT2D eigenvalue weighted by Gasteiger charge is 2.26. The summed E-state index contributed by atoms with van der Waals surface area (Å²) in [5.74, 6) is -0.0862. The molecule has 1 saturated heterocycles. The van der Waals surface area contributed by atoms with Crippen LogP contribution in [0.1, 0.15) is 12.5 Å². The number of carbonyl (C=O) groups is 3. The minimum Gasteiger partial charge on any atom is -0.454 e. The lowest BCUT2D eigenvalue weighted by molar-refractivity contribution is -0.154. The Kier molecular flexibility index (Phi) is 5.20. The summed E-state index contributed by atoms with van der Waals surface area (Å²) in [7, 11) is 0. The lowest BCUT2D eigenvalue weighted by Gasteiger charge is -2.11. The molecule has 1 aromatic carbocycles. The Labute approximate surface area is 148 Å². The SMILES string of the molecule is C/C(=N\OCC(=O)OCC(=O)N1CCNC1=O)c1ccc2c(c1)OCO2. The van der Waals surface area contributed by atoms with Gasteiger partial charge in [0.05, 0.1) is 5.71 Å². The summed E-state index contributed by atoms with van der Waals surface area (Å²) in [6, 6.07) is 4.80. The number of ether oxygens (including phenoxy) is 3. The highest BCUT2D eigenvalue weighted by atomic mass is 16.7. The van der Waals surface area contributed by atoms with Crippen LogP contribution in [0.25, 0.3) is 0 Å². The highest BCUT2D eigenvalue weighted by molar-refractivity contribution is 5.99. The van der Waals surface area contributed by atoms with Gasteiger partial charge in [0.25, 0.3) is 5.91 Å². The van der Waals surface area contributed by atoms with Gasteiger partial charge in [-0.15, -0.1) is 0 Å². The quantitative estimate of drug-likeness (QED) is 0.437. The van der Waals surface area contributed by atoms with Crippen LogP contribution in [0.2, 0.25) is 0 Å². The molecular formula is C16H17N3O7. The molecule has 3 amide bonds. The van der Waals surface area contributed by atoms with Crippen molar-refractivity contribution in [2.24, 2.45) is 5.16 Å². The topological polar surface area (TPSA) is 116 Å². The van der Waals surface area contributed by atoms with Gasteiger partial charge in [-0.1, -0.05) is 5.16 Å². The summed E-state index contributed by atoms with van der Waals surface area (Å²) >= 11 is 0. The molecule has 1 N–H and O–H groups in total. The van der Waals surface area contributed by atoms with Crippen molar-refractivity contribution in [1.29, 1.82) is 0 Å². The zero-order valence-corrected chi connectivity index (χ0v) is 14.0. The molecule has 10 heteroatoms. The van der Waals surface area contributed by atoms with Crippen molar-refractivity contribution in [1.82, 2.24) is 10.2 Å². The molecule has 0 aliphatic carbocycles. The average molecular weight is 363 g/mol. The fraction of sp³-hybridized carbons (Fsp3) is 0.375. The van der Waals surface area contributed by atoms with Crippen LogP contribution in [0.5, 0.6) is 11.5 Å². The van der Waals surface area contributed by atoms with Crippen LogP contribution in [-0.2, 0) is 19.2 Å². The molecule has 0 radical (unpaired) electrons. The molecule has 2 aliphatic rings. The molecule has 0 atom stereocenters. The van der Waals surface area contributed by atoms with E-state index in [1.807, 2.05) is 0 Å².